The summed E-state index contributed by atoms with van der Waals surface area (Å²) in [5.41, 5.74) is -1.72. The molecular weight excluding hydrogens is 314 g/mol. The summed E-state index contributed by atoms with van der Waals surface area (Å²) in [6.07, 6.45) is -2.52. The summed E-state index contributed by atoms with van der Waals surface area (Å²) in [5.74, 6) is -2.31. The van der Waals surface area contributed by atoms with E-state index in [2.05, 4.69) is 15.3 Å². The van der Waals surface area contributed by atoms with Crippen molar-refractivity contribution in [2.75, 3.05) is 5.32 Å². The number of halogens is 5. The van der Waals surface area contributed by atoms with Crippen LogP contribution in [0, 0.1) is 5.82 Å². The van der Waals surface area contributed by atoms with Crippen molar-refractivity contribution in [3.05, 3.63) is 52.8 Å². The molecule has 1 aromatic carbocycles. The molecule has 1 amide bonds. The molecule has 21 heavy (non-hydrogen) atoms. The smallest absolute Gasteiger partial charge is 0.319 e. The zero-order valence-corrected chi connectivity index (χ0v) is 10.8. The zero-order chi connectivity index (χ0) is 15.6. The van der Waals surface area contributed by atoms with Gasteiger partial charge in [0.1, 0.15) is 5.82 Å². The van der Waals surface area contributed by atoms with Crippen molar-refractivity contribution >= 4 is 23.2 Å². The lowest BCUT2D eigenvalue weighted by Gasteiger charge is -2.10. The molecule has 2 rings (SSSR count). The number of benzene rings is 1. The molecule has 9 heteroatoms. The van der Waals surface area contributed by atoms with Gasteiger partial charge >= 0.3 is 6.18 Å². The van der Waals surface area contributed by atoms with E-state index < -0.39 is 23.5 Å². The molecule has 4 nitrogen and oxygen atoms in total. The zero-order valence-electron chi connectivity index (χ0n) is 10.1. The number of carbonyl (C=O) groups is 1. The van der Waals surface area contributed by atoms with Crippen LogP contribution in [-0.2, 0) is 6.18 Å². The quantitative estimate of drug-likeness (QED) is 0.680. The molecule has 0 aliphatic heterocycles. The first-order chi connectivity index (χ1) is 9.77. The molecule has 1 N–H and O–H groups in total. The molecule has 0 saturated carbocycles. The van der Waals surface area contributed by atoms with E-state index in [4.69, 9.17) is 11.6 Å². The Balaban J connectivity index is 2.25. The van der Waals surface area contributed by atoms with Crippen molar-refractivity contribution in [2.45, 2.75) is 6.18 Å². The second-order valence-corrected chi connectivity index (χ2v) is 4.23. The van der Waals surface area contributed by atoms with Crippen molar-refractivity contribution in [3.63, 3.8) is 0 Å². The van der Waals surface area contributed by atoms with Crippen molar-refractivity contribution in [1.82, 2.24) is 9.97 Å². The van der Waals surface area contributed by atoms with E-state index in [1.54, 1.807) is 0 Å². The Morgan fingerprint density at radius 3 is 2.38 bits per heavy atom. The number of hydrogen-bond acceptors (Lipinski definition) is 3. The number of amides is 1. The van der Waals surface area contributed by atoms with Crippen LogP contribution in [0.2, 0.25) is 5.28 Å². The average Bonchev–Trinajstić information content (AvgIpc) is 2.40. The van der Waals surface area contributed by atoms with E-state index in [9.17, 15) is 22.4 Å². The molecule has 110 valence electrons. The van der Waals surface area contributed by atoms with Gasteiger partial charge in [0.15, 0.2) is 0 Å². The summed E-state index contributed by atoms with van der Waals surface area (Å²) in [7, 11) is 0. The van der Waals surface area contributed by atoms with Crippen LogP contribution in [0.1, 0.15) is 15.9 Å². The molecule has 0 radical (unpaired) electrons. The van der Waals surface area contributed by atoms with Gasteiger partial charge in [-0.05, 0) is 29.8 Å². The van der Waals surface area contributed by atoms with Crippen LogP contribution in [0.25, 0.3) is 0 Å². The van der Waals surface area contributed by atoms with Crippen LogP contribution in [0.3, 0.4) is 0 Å². The molecule has 0 unspecified atom stereocenters. The van der Waals surface area contributed by atoms with Gasteiger partial charge in [-0.15, -0.1) is 0 Å². The van der Waals surface area contributed by atoms with Gasteiger partial charge in [0, 0.05) is 5.56 Å². The maximum Gasteiger partial charge on any atom is 0.419 e. The normalized spacial score (nSPS) is 11.3. The number of carbonyl (C=O) groups excluding carboxylic acids is 1. The third-order valence-electron chi connectivity index (χ3n) is 2.41. The topological polar surface area (TPSA) is 54.9 Å². The Labute approximate surface area is 120 Å². The van der Waals surface area contributed by atoms with E-state index in [1.807, 2.05) is 0 Å². The van der Waals surface area contributed by atoms with E-state index in [-0.39, 0.29) is 16.5 Å². The molecule has 0 aliphatic carbocycles. The Bertz CT molecular complexity index is 673. The van der Waals surface area contributed by atoms with Gasteiger partial charge in [-0.3, -0.25) is 4.79 Å². The van der Waals surface area contributed by atoms with Gasteiger partial charge in [0.25, 0.3) is 5.91 Å². The van der Waals surface area contributed by atoms with Gasteiger partial charge in [0.2, 0.25) is 5.28 Å². The van der Waals surface area contributed by atoms with E-state index in [1.165, 1.54) is 12.4 Å². The standard InChI is InChI=1S/C12H6ClF4N3O/c13-11-18-4-7(5-19-11)20-10(21)6-1-2-9(14)8(3-6)12(15,16)17/h1-5H,(H,20,21). The summed E-state index contributed by atoms with van der Waals surface area (Å²) in [6.45, 7) is 0. The molecule has 1 heterocycles. The summed E-state index contributed by atoms with van der Waals surface area (Å²) in [4.78, 5) is 19.0. The number of hydrogen-bond donors (Lipinski definition) is 1. The Hall–Kier alpha value is -2.22. The Morgan fingerprint density at radius 1 is 1.19 bits per heavy atom. The van der Waals surface area contributed by atoms with E-state index in [0.29, 0.717) is 12.1 Å². The number of anilines is 1. The summed E-state index contributed by atoms with van der Waals surface area (Å²) in [6, 6.07) is 1.95. The highest BCUT2D eigenvalue weighted by atomic mass is 35.5. The lowest BCUT2D eigenvalue weighted by molar-refractivity contribution is -0.140. The first-order valence-electron chi connectivity index (χ1n) is 5.43. The highest BCUT2D eigenvalue weighted by molar-refractivity contribution is 6.28. The van der Waals surface area contributed by atoms with Crippen molar-refractivity contribution < 1.29 is 22.4 Å². The minimum absolute atomic E-state index is 0.0471. The third-order valence-corrected chi connectivity index (χ3v) is 2.61. The second-order valence-electron chi connectivity index (χ2n) is 3.89. The van der Waals surface area contributed by atoms with Gasteiger partial charge < -0.3 is 5.32 Å². The fourth-order valence-electron chi connectivity index (χ4n) is 1.46. The van der Waals surface area contributed by atoms with Crippen LogP contribution in [0.5, 0.6) is 0 Å². The SMILES string of the molecule is O=C(Nc1cnc(Cl)nc1)c1ccc(F)c(C(F)(F)F)c1. The summed E-state index contributed by atoms with van der Waals surface area (Å²) >= 11 is 5.45. The number of nitrogens with one attached hydrogen (secondary N) is 1. The monoisotopic (exact) mass is 319 g/mol. The van der Waals surface area contributed by atoms with Gasteiger partial charge in [-0.25, -0.2) is 14.4 Å². The second kappa shape index (κ2) is 5.65. The number of aromatic nitrogens is 2. The minimum Gasteiger partial charge on any atom is -0.319 e. The molecule has 1 aromatic heterocycles. The van der Waals surface area contributed by atoms with Crippen LogP contribution >= 0.6 is 11.6 Å². The largest absolute Gasteiger partial charge is 0.419 e. The number of nitrogens with zero attached hydrogens (tertiary/aromatic N) is 2. The van der Waals surface area contributed by atoms with Crippen molar-refractivity contribution in [2.24, 2.45) is 0 Å². The number of alkyl halides is 3. The van der Waals surface area contributed by atoms with Gasteiger partial charge in [-0.2, -0.15) is 13.2 Å². The minimum atomic E-state index is -4.89. The lowest BCUT2D eigenvalue weighted by atomic mass is 10.1. The van der Waals surface area contributed by atoms with Crippen molar-refractivity contribution in [1.29, 1.82) is 0 Å². The fraction of sp³-hybridized carbons (Fsp3) is 0.0833. The maximum atomic E-state index is 13.1. The molecule has 2 aromatic rings. The predicted molar refractivity (Wildman–Crippen MR) is 66.4 cm³/mol. The maximum absolute atomic E-state index is 13.1. The first-order valence-corrected chi connectivity index (χ1v) is 5.81. The van der Waals surface area contributed by atoms with Crippen LogP contribution < -0.4 is 5.32 Å². The van der Waals surface area contributed by atoms with Crippen molar-refractivity contribution in [3.8, 4) is 0 Å². The molecule has 0 fully saturated rings. The van der Waals surface area contributed by atoms with Gasteiger partial charge in [0.05, 0.1) is 23.6 Å². The van der Waals surface area contributed by atoms with Crippen LogP contribution in [0.15, 0.2) is 30.6 Å². The fourth-order valence-corrected chi connectivity index (χ4v) is 1.56. The van der Waals surface area contributed by atoms with Crippen LogP contribution in [-0.4, -0.2) is 15.9 Å². The molecule has 0 saturated heterocycles. The summed E-state index contributed by atoms with van der Waals surface area (Å²) in [5, 5.41) is 2.22. The Morgan fingerprint density at radius 2 is 1.81 bits per heavy atom. The molecular formula is C12H6ClF4N3O. The molecule has 0 bridgehead atoms. The molecule has 0 atom stereocenters. The average molecular weight is 320 g/mol. The first kappa shape index (κ1) is 15.2. The third kappa shape index (κ3) is 3.66. The van der Waals surface area contributed by atoms with E-state index in [0.717, 1.165) is 6.07 Å². The van der Waals surface area contributed by atoms with E-state index >= 15 is 0 Å². The number of rotatable bonds is 2. The summed E-state index contributed by atoms with van der Waals surface area (Å²) < 4.78 is 50.8. The highest BCUT2D eigenvalue weighted by Gasteiger charge is 2.34. The lowest BCUT2D eigenvalue weighted by Crippen LogP contribution is -2.15. The highest BCUT2D eigenvalue weighted by Crippen LogP contribution is 2.32. The predicted octanol–water partition coefficient (Wildman–Crippen LogP) is 3.54. The molecule has 0 aliphatic rings. The molecule has 0 spiro atoms. The Kier molecular flexibility index (Phi) is 4.08. The van der Waals surface area contributed by atoms with Gasteiger partial charge in [-0.1, -0.05) is 0 Å². The van der Waals surface area contributed by atoms with Crippen LogP contribution in [0.4, 0.5) is 23.2 Å².